The summed E-state index contributed by atoms with van der Waals surface area (Å²) >= 11 is 0. The second-order valence-corrected chi connectivity index (χ2v) is 4.54. The Labute approximate surface area is 87.1 Å². The van der Waals surface area contributed by atoms with Crippen LogP contribution in [0.25, 0.3) is 0 Å². The van der Waals surface area contributed by atoms with Gasteiger partial charge in [-0.25, -0.2) is 0 Å². The van der Waals surface area contributed by atoms with E-state index in [-0.39, 0.29) is 6.61 Å². The molecule has 3 nitrogen and oxygen atoms in total. The molecule has 0 radical (unpaired) electrons. The Hall–Kier alpha value is -0.120. The van der Waals surface area contributed by atoms with Crippen molar-refractivity contribution < 1.29 is 9.84 Å². The fraction of sp³-hybridized carbons (Fsp3) is 1.00. The number of hydrogen-bond donors (Lipinski definition) is 1. The van der Waals surface area contributed by atoms with Gasteiger partial charge in [0.25, 0.3) is 0 Å². The van der Waals surface area contributed by atoms with E-state index in [1.807, 2.05) is 0 Å². The van der Waals surface area contributed by atoms with Crippen LogP contribution in [0.15, 0.2) is 0 Å². The summed E-state index contributed by atoms with van der Waals surface area (Å²) < 4.78 is 5.26. The SMILES string of the molecule is CC1CC(C)CN(CCOCCO)C1. The van der Waals surface area contributed by atoms with E-state index in [9.17, 15) is 0 Å². The van der Waals surface area contributed by atoms with Crippen molar-refractivity contribution in [3.63, 3.8) is 0 Å². The summed E-state index contributed by atoms with van der Waals surface area (Å²) in [5.41, 5.74) is 0. The molecule has 1 fully saturated rings. The fourth-order valence-electron chi connectivity index (χ4n) is 2.33. The molecule has 1 aliphatic heterocycles. The van der Waals surface area contributed by atoms with Crippen LogP contribution in [-0.4, -0.2) is 49.5 Å². The molecular formula is C11H23NO2. The first-order chi connectivity index (χ1) is 6.72. The van der Waals surface area contributed by atoms with E-state index in [4.69, 9.17) is 9.84 Å². The third-order valence-corrected chi connectivity index (χ3v) is 2.73. The summed E-state index contributed by atoms with van der Waals surface area (Å²) in [4.78, 5) is 2.47. The summed E-state index contributed by atoms with van der Waals surface area (Å²) in [6.45, 7) is 9.40. The predicted octanol–water partition coefficient (Wildman–Crippen LogP) is 0.973. The van der Waals surface area contributed by atoms with E-state index in [0.29, 0.717) is 6.61 Å². The Morgan fingerprint density at radius 3 is 2.43 bits per heavy atom. The number of rotatable bonds is 5. The fourth-order valence-corrected chi connectivity index (χ4v) is 2.33. The number of piperidine rings is 1. The molecule has 2 unspecified atom stereocenters. The topological polar surface area (TPSA) is 32.7 Å². The van der Waals surface area contributed by atoms with Gasteiger partial charge in [0.2, 0.25) is 0 Å². The van der Waals surface area contributed by atoms with Crippen molar-refractivity contribution in [2.45, 2.75) is 20.3 Å². The highest BCUT2D eigenvalue weighted by Crippen LogP contribution is 2.20. The number of nitrogens with zero attached hydrogens (tertiary/aromatic N) is 1. The Morgan fingerprint density at radius 1 is 1.21 bits per heavy atom. The standard InChI is InChI=1S/C11H23NO2/c1-10-7-11(2)9-12(8-10)3-5-14-6-4-13/h10-11,13H,3-9H2,1-2H3. The summed E-state index contributed by atoms with van der Waals surface area (Å²) in [6, 6.07) is 0. The molecule has 0 aromatic carbocycles. The summed E-state index contributed by atoms with van der Waals surface area (Å²) in [7, 11) is 0. The quantitative estimate of drug-likeness (QED) is 0.673. The predicted molar refractivity (Wildman–Crippen MR) is 57.3 cm³/mol. The van der Waals surface area contributed by atoms with Gasteiger partial charge < -0.3 is 14.7 Å². The Morgan fingerprint density at radius 2 is 1.86 bits per heavy atom. The van der Waals surface area contributed by atoms with Crippen molar-refractivity contribution in [2.24, 2.45) is 11.8 Å². The van der Waals surface area contributed by atoms with Gasteiger partial charge in [0, 0.05) is 19.6 Å². The molecule has 1 saturated heterocycles. The van der Waals surface area contributed by atoms with Gasteiger partial charge in [-0.2, -0.15) is 0 Å². The maximum atomic E-state index is 8.55. The monoisotopic (exact) mass is 201 g/mol. The minimum absolute atomic E-state index is 0.132. The van der Waals surface area contributed by atoms with Crippen LogP contribution in [0.3, 0.4) is 0 Å². The number of likely N-dealkylation sites (tertiary alicyclic amines) is 1. The number of aliphatic hydroxyl groups is 1. The summed E-state index contributed by atoms with van der Waals surface area (Å²) in [5, 5.41) is 8.55. The van der Waals surface area contributed by atoms with Crippen LogP contribution in [-0.2, 0) is 4.74 Å². The van der Waals surface area contributed by atoms with Crippen LogP contribution < -0.4 is 0 Å². The van der Waals surface area contributed by atoms with Crippen molar-refractivity contribution in [1.82, 2.24) is 4.90 Å². The molecule has 84 valence electrons. The highest BCUT2D eigenvalue weighted by Gasteiger charge is 2.20. The largest absolute Gasteiger partial charge is 0.394 e. The molecule has 2 atom stereocenters. The Kier molecular flexibility index (Phi) is 5.45. The van der Waals surface area contributed by atoms with Crippen LogP contribution >= 0.6 is 0 Å². The van der Waals surface area contributed by atoms with Crippen LogP contribution in [0.1, 0.15) is 20.3 Å². The van der Waals surface area contributed by atoms with Gasteiger partial charge in [-0.1, -0.05) is 13.8 Å². The van der Waals surface area contributed by atoms with Gasteiger partial charge in [0.05, 0.1) is 19.8 Å². The van der Waals surface area contributed by atoms with E-state index in [1.54, 1.807) is 0 Å². The third-order valence-electron chi connectivity index (χ3n) is 2.73. The Bertz CT molecular complexity index is 142. The summed E-state index contributed by atoms with van der Waals surface area (Å²) in [6.07, 6.45) is 1.36. The normalized spacial score (nSPS) is 29.4. The number of aliphatic hydroxyl groups excluding tert-OH is 1. The molecule has 1 aliphatic rings. The zero-order valence-electron chi connectivity index (χ0n) is 9.41. The van der Waals surface area contributed by atoms with Crippen molar-refractivity contribution in [3.05, 3.63) is 0 Å². The molecule has 3 heteroatoms. The van der Waals surface area contributed by atoms with E-state index < -0.39 is 0 Å². The van der Waals surface area contributed by atoms with Crippen molar-refractivity contribution in [2.75, 3.05) is 39.5 Å². The van der Waals surface area contributed by atoms with Gasteiger partial charge in [0.1, 0.15) is 0 Å². The van der Waals surface area contributed by atoms with Crippen LogP contribution in [0.5, 0.6) is 0 Å². The van der Waals surface area contributed by atoms with Gasteiger partial charge in [-0.3, -0.25) is 0 Å². The van der Waals surface area contributed by atoms with E-state index in [2.05, 4.69) is 18.7 Å². The van der Waals surface area contributed by atoms with Crippen molar-refractivity contribution in [3.8, 4) is 0 Å². The maximum absolute atomic E-state index is 8.55. The maximum Gasteiger partial charge on any atom is 0.0698 e. The summed E-state index contributed by atoms with van der Waals surface area (Å²) in [5.74, 6) is 1.63. The highest BCUT2D eigenvalue weighted by atomic mass is 16.5. The molecule has 1 heterocycles. The third kappa shape index (κ3) is 4.40. The van der Waals surface area contributed by atoms with Crippen LogP contribution in [0.4, 0.5) is 0 Å². The molecule has 0 aromatic rings. The smallest absolute Gasteiger partial charge is 0.0698 e. The number of ether oxygens (including phenoxy) is 1. The highest BCUT2D eigenvalue weighted by molar-refractivity contribution is 4.74. The molecule has 0 saturated carbocycles. The van der Waals surface area contributed by atoms with Gasteiger partial charge in [0.15, 0.2) is 0 Å². The second kappa shape index (κ2) is 6.38. The lowest BCUT2D eigenvalue weighted by Gasteiger charge is -2.34. The average molecular weight is 201 g/mol. The van der Waals surface area contributed by atoms with Crippen LogP contribution in [0, 0.1) is 11.8 Å². The van der Waals surface area contributed by atoms with Crippen molar-refractivity contribution >= 4 is 0 Å². The molecule has 0 amide bonds. The zero-order chi connectivity index (χ0) is 10.4. The number of hydrogen-bond acceptors (Lipinski definition) is 3. The van der Waals surface area contributed by atoms with E-state index >= 15 is 0 Å². The first kappa shape index (κ1) is 12.0. The Balaban J connectivity index is 2.10. The van der Waals surface area contributed by atoms with Gasteiger partial charge >= 0.3 is 0 Å². The lowest BCUT2D eigenvalue weighted by atomic mass is 9.92. The molecule has 0 bridgehead atoms. The second-order valence-electron chi connectivity index (χ2n) is 4.54. The molecule has 0 aliphatic carbocycles. The minimum Gasteiger partial charge on any atom is -0.394 e. The molecule has 0 aromatic heterocycles. The van der Waals surface area contributed by atoms with Gasteiger partial charge in [-0.05, 0) is 18.3 Å². The molecule has 1 rings (SSSR count). The van der Waals surface area contributed by atoms with E-state index in [1.165, 1.54) is 19.5 Å². The molecule has 14 heavy (non-hydrogen) atoms. The lowest BCUT2D eigenvalue weighted by Crippen LogP contribution is -2.40. The zero-order valence-corrected chi connectivity index (χ0v) is 9.41. The van der Waals surface area contributed by atoms with Gasteiger partial charge in [-0.15, -0.1) is 0 Å². The first-order valence-electron chi connectivity index (χ1n) is 5.63. The first-order valence-corrected chi connectivity index (χ1v) is 5.63. The molecular weight excluding hydrogens is 178 g/mol. The van der Waals surface area contributed by atoms with E-state index in [0.717, 1.165) is 25.0 Å². The lowest BCUT2D eigenvalue weighted by molar-refractivity contribution is 0.0555. The average Bonchev–Trinajstić information content (AvgIpc) is 2.11. The molecule has 1 N–H and O–H groups in total. The van der Waals surface area contributed by atoms with Crippen molar-refractivity contribution in [1.29, 1.82) is 0 Å². The van der Waals surface area contributed by atoms with Crippen LogP contribution in [0.2, 0.25) is 0 Å². The minimum atomic E-state index is 0.132. The molecule has 0 spiro atoms.